The van der Waals surface area contributed by atoms with E-state index in [1.165, 1.54) is 18.2 Å². The van der Waals surface area contributed by atoms with E-state index in [1.807, 2.05) is 6.92 Å². The first kappa shape index (κ1) is 20.5. The van der Waals surface area contributed by atoms with Gasteiger partial charge in [-0.3, -0.25) is 4.79 Å². The van der Waals surface area contributed by atoms with E-state index in [1.54, 1.807) is 12.1 Å². The van der Waals surface area contributed by atoms with Crippen molar-refractivity contribution in [3.05, 3.63) is 59.4 Å². The topological polar surface area (TPSA) is 70.9 Å². The zero-order valence-electron chi connectivity index (χ0n) is 16.6. The summed E-state index contributed by atoms with van der Waals surface area (Å²) in [6.45, 7) is 2.38. The molecule has 0 saturated heterocycles. The van der Waals surface area contributed by atoms with Crippen molar-refractivity contribution in [1.29, 1.82) is 0 Å². The molecule has 4 N–H and O–H groups in total. The maximum absolute atomic E-state index is 14.4. The molecule has 4 nitrogen and oxygen atoms in total. The van der Waals surface area contributed by atoms with Crippen LogP contribution in [-0.4, -0.2) is 23.5 Å². The van der Waals surface area contributed by atoms with Crippen molar-refractivity contribution in [1.82, 2.24) is 10.3 Å². The monoisotopic (exact) mass is 415 g/mol. The number of H-pyrrole nitrogens is 1. The fourth-order valence-electron chi connectivity index (χ4n) is 4.21. The van der Waals surface area contributed by atoms with Crippen LogP contribution in [0.4, 0.5) is 13.2 Å². The van der Waals surface area contributed by atoms with E-state index in [-0.39, 0.29) is 29.1 Å². The lowest BCUT2D eigenvalue weighted by Gasteiger charge is -2.36. The number of aromatic amines is 1. The van der Waals surface area contributed by atoms with Crippen molar-refractivity contribution in [3.8, 4) is 11.3 Å². The molecule has 0 aliphatic heterocycles. The van der Waals surface area contributed by atoms with Gasteiger partial charge in [-0.15, -0.1) is 0 Å². The van der Waals surface area contributed by atoms with Crippen LogP contribution in [-0.2, 0) is 4.79 Å². The van der Waals surface area contributed by atoms with Crippen molar-refractivity contribution in [2.45, 2.75) is 38.1 Å². The molecule has 1 aliphatic rings. The number of rotatable bonds is 6. The number of nitrogens with two attached hydrogens (primary N) is 1. The maximum Gasteiger partial charge on any atom is 0.236 e. The number of benzene rings is 2. The molecule has 4 rings (SSSR count). The Hall–Kier alpha value is -2.80. The lowest BCUT2D eigenvalue weighted by atomic mass is 9.70. The van der Waals surface area contributed by atoms with E-state index < -0.39 is 17.7 Å². The molecule has 0 unspecified atom stereocenters. The number of amides is 1. The van der Waals surface area contributed by atoms with E-state index in [9.17, 15) is 18.0 Å². The summed E-state index contributed by atoms with van der Waals surface area (Å²) in [7, 11) is 0. The second-order valence-electron chi connectivity index (χ2n) is 8.02. The molecule has 0 spiro atoms. The van der Waals surface area contributed by atoms with Crippen LogP contribution in [0, 0.1) is 23.4 Å². The lowest BCUT2D eigenvalue weighted by Crippen LogP contribution is -2.43. The van der Waals surface area contributed by atoms with Crippen molar-refractivity contribution in [3.63, 3.8) is 0 Å². The summed E-state index contributed by atoms with van der Waals surface area (Å²) >= 11 is 0. The van der Waals surface area contributed by atoms with Crippen LogP contribution in [0.25, 0.3) is 22.2 Å². The van der Waals surface area contributed by atoms with Crippen LogP contribution in [0.5, 0.6) is 0 Å². The zero-order chi connectivity index (χ0) is 21.4. The molecule has 3 aromatic rings. The number of hydrogen-bond donors (Lipinski definition) is 3. The Morgan fingerprint density at radius 1 is 1.17 bits per heavy atom. The molecule has 1 amide bonds. The third-order valence-corrected chi connectivity index (χ3v) is 5.98. The third-order valence-electron chi connectivity index (χ3n) is 5.98. The average Bonchev–Trinajstić information content (AvgIpc) is 3.06. The fraction of sp³-hybridized carbons (Fsp3) is 0.348. The van der Waals surface area contributed by atoms with Crippen molar-refractivity contribution in [2.24, 2.45) is 11.7 Å². The van der Waals surface area contributed by atoms with Gasteiger partial charge in [0.2, 0.25) is 5.91 Å². The molecule has 2 aromatic carbocycles. The van der Waals surface area contributed by atoms with Crippen molar-refractivity contribution < 1.29 is 18.0 Å². The summed E-state index contributed by atoms with van der Waals surface area (Å²) in [4.78, 5) is 15.0. The number of hydrogen-bond acceptors (Lipinski definition) is 2. The zero-order valence-corrected chi connectivity index (χ0v) is 16.6. The Morgan fingerprint density at radius 2 is 1.87 bits per heavy atom. The Bertz CT molecular complexity index is 1070. The Kier molecular flexibility index (Phi) is 5.56. The molecule has 1 saturated carbocycles. The normalized spacial score (nSPS) is 19.5. The van der Waals surface area contributed by atoms with Gasteiger partial charge in [-0.1, -0.05) is 6.92 Å². The first-order valence-corrected chi connectivity index (χ1v) is 10.2. The smallest absolute Gasteiger partial charge is 0.236 e. The standard InChI is InChI=1S/C23H24F3N3O/c1-2-19(27)23(30)28-11-12-7-14(8-12)20-17-9-16(25)10-18(26)22(17)29-21(20)13-3-5-15(24)6-4-13/h3-6,9-10,12,14,19,29H,2,7-8,11,27H2,1H3,(H,28,30)/t12-,14-,19-/m1/s1. The van der Waals surface area contributed by atoms with E-state index >= 15 is 0 Å². The molecular weight excluding hydrogens is 391 g/mol. The minimum Gasteiger partial charge on any atom is -0.354 e. The van der Waals surface area contributed by atoms with Gasteiger partial charge in [-0.05, 0) is 72.6 Å². The molecule has 0 bridgehead atoms. The second-order valence-corrected chi connectivity index (χ2v) is 8.02. The molecule has 7 heteroatoms. The largest absolute Gasteiger partial charge is 0.354 e. The number of halogens is 3. The fourth-order valence-corrected chi connectivity index (χ4v) is 4.21. The van der Waals surface area contributed by atoms with Gasteiger partial charge < -0.3 is 16.0 Å². The SMILES string of the molecule is CC[C@@H](N)C(=O)NC[C@H]1C[C@H](c2c(-c3ccc(F)cc3)[nH]c3c(F)cc(F)cc32)C1. The van der Waals surface area contributed by atoms with Gasteiger partial charge in [0.1, 0.15) is 17.5 Å². The Morgan fingerprint density at radius 3 is 2.53 bits per heavy atom. The molecular formula is C23H24F3N3O. The summed E-state index contributed by atoms with van der Waals surface area (Å²) in [5.41, 5.74) is 8.21. The van der Waals surface area contributed by atoms with Gasteiger partial charge in [-0.2, -0.15) is 0 Å². The van der Waals surface area contributed by atoms with E-state index in [0.717, 1.165) is 24.5 Å². The predicted molar refractivity (Wildman–Crippen MR) is 110 cm³/mol. The number of fused-ring (bicyclic) bond motifs is 1. The van der Waals surface area contributed by atoms with Crippen LogP contribution in [0.3, 0.4) is 0 Å². The minimum atomic E-state index is -0.656. The number of nitrogens with one attached hydrogen (secondary N) is 2. The second kappa shape index (κ2) is 8.14. The summed E-state index contributed by atoms with van der Waals surface area (Å²) in [6, 6.07) is 7.63. The van der Waals surface area contributed by atoms with Gasteiger partial charge in [0.05, 0.1) is 17.3 Å². The predicted octanol–water partition coefficient (Wildman–Crippen LogP) is 4.60. The van der Waals surface area contributed by atoms with E-state index in [4.69, 9.17) is 5.73 Å². The highest BCUT2D eigenvalue weighted by Crippen LogP contribution is 2.48. The number of carbonyl (C=O) groups excluding carboxylic acids is 1. The molecule has 1 atom stereocenters. The molecule has 1 aliphatic carbocycles. The van der Waals surface area contributed by atoms with Crippen molar-refractivity contribution >= 4 is 16.8 Å². The maximum atomic E-state index is 14.4. The quantitative estimate of drug-likeness (QED) is 0.551. The van der Waals surface area contributed by atoms with Crippen molar-refractivity contribution in [2.75, 3.05) is 6.54 Å². The van der Waals surface area contributed by atoms with Crippen LogP contribution in [0.1, 0.15) is 37.7 Å². The molecule has 1 aromatic heterocycles. The Balaban J connectivity index is 1.61. The first-order chi connectivity index (χ1) is 14.4. The highest BCUT2D eigenvalue weighted by molar-refractivity contribution is 5.92. The summed E-state index contributed by atoms with van der Waals surface area (Å²) in [6.07, 6.45) is 2.13. The lowest BCUT2D eigenvalue weighted by molar-refractivity contribution is -0.122. The summed E-state index contributed by atoms with van der Waals surface area (Å²) in [5, 5.41) is 3.38. The van der Waals surface area contributed by atoms with Crippen LogP contribution in [0.2, 0.25) is 0 Å². The molecule has 158 valence electrons. The van der Waals surface area contributed by atoms with Gasteiger partial charge in [0.25, 0.3) is 0 Å². The average molecular weight is 415 g/mol. The van der Waals surface area contributed by atoms with Gasteiger partial charge in [-0.25, -0.2) is 13.2 Å². The molecule has 1 fully saturated rings. The summed E-state index contributed by atoms with van der Waals surface area (Å²) in [5.74, 6) is -1.46. The van der Waals surface area contributed by atoms with E-state index in [2.05, 4.69) is 10.3 Å². The van der Waals surface area contributed by atoms with Gasteiger partial charge in [0.15, 0.2) is 0 Å². The number of aromatic nitrogens is 1. The third kappa shape index (κ3) is 3.81. The molecule has 30 heavy (non-hydrogen) atoms. The highest BCUT2D eigenvalue weighted by atomic mass is 19.1. The minimum absolute atomic E-state index is 0.0850. The van der Waals surface area contributed by atoms with Gasteiger partial charge in [0, 0.05) is 18.0 Å². The molecule has 0 radical (unpaired) electrons. The van der Waals surface area contributed by atoms with Crippen LogP contribution in [0.15, 0.2) is 36.4 Å². The van der Waals surface area contributed by atoms with Crippen LogP contribution >= 0.6 is 0 Å². The molecule has 1 heterocycles. The van der Waals surface area contributed by atoms with Crippen LogP contribution < -0.4 is 11.1 Å². The highest BCUT2D eigenvalue weighted by Gasteiger charge is 2.35. The van der Waals surface area contributed by atoms with Gasteiger partial charge >= 0.3 is 0 Å². The first-order valence-electron chi connectivity index (χ1n) is 10.2. The van der Waals surface area contributed by atoms with E-state index in [0.29, 0.717) is 29.6 Å². The number of carbonyl (C=O) groups is 1. The Labute approximate surface area is 172 Å². The summed E-state index contributed by atoms with van der Waals surface area (Å²) < 4.78 is 41.8.